The second kappa shape index (κ2) is 5.99. The van der Waals surface area contributed by atoms with Gasteiger partial charge in [0.05, 0.1) is 31.2 Å². The number of hydrogen-bond donors (Lipinski definition) is 0. The molecule has 2 nitrogen and oxygen atoms in total. The summed E-state index contributed by atoms with van der Waals surface area (Å²) < 4.78 is 17.3. The molecule has 0 fully saturated rings. The van der Waals surface area contributed by atoms with Crippen LogP contribution >= 0.6 is 54.8 Å². The lowest BCUT2D eigenvalue weighted by molar-refractivity contribution is 0.621. The minimum absolute atomic E-state index is 0.248. The minimum atomic E-state index is -0.301. The number of thiophene rings is 1. The maximum absolute atomic E-state index is 13.9. The van der Waals surface area contributed by atoms with Crippen LogP contribution in [0.2, 0.25) is 0 Å². The number of fused-ring (bicyclic) bond motifs is 1. The summed E-state index contributed by atoms with van der Waals surface area (Å²) in [5, 5.41) is -0.248. The number of halogens is 4. The first-order chi connectivity index (χ1) is 9.95. The fourth-order valence-electron chi connectivity index (χ4n) is 2.20. The Morgan fingerprint density at radius 1 is 1.38 bits per heavy atom. The zero-order valence-electron chi connectivity index (χ0n) is 10.9. The van der Waals surface area contributed by atoms with Crippen LogP contribution in [0.3, 0.4) is 0 Å². The van der Waals surface area contributed by atoms with Crippen molar-refractivity contribution < 1.29 is 4.39 Å². The summed E-state index contributed by atoms with van der Waals surface area (Å²) >= 11 is 14.5. The van der Waals surface area contributed by atoms with Crippen molar-refractivity contribution in [1.29, 1.82) is 0 Å². The van der Waals surface area contributed by atoms with Crippen LogP contribution in [0.25, 0.3) is 11.0 Å². The van der Waals surface area contributed by atoms with Crippen molar-refractivity contribution in [1.82, 2.24) is 9.55 Å². The van der Waals surface area contributed by atoms with Gasteiger partial charge in [-0.25, -0.2) is 9.37 Å². The van der Waals surface area contributed by atoms with Gasteiger partial charge in [-0.05, 0) is 57.0 Å². The van der Waals surface area contributed by atoms with Gasteiger partial charge < -0.3 is 4.57 Å². The van der Waals surface area contributed by atoms with Gasteiger partial charge in [0.2, 0.25) is 0 Å². The van der Waals surface area contributed by atoms with Crippen LogP contribution in [0.15, 0.2) is 32.5 Å². The van der Waals surface area contributed by atoms with E-state index in [2.05, 4.69) is 36.8 Å². The monoisotopic (exact) mass is 450 g/mol. The van der Waals surface area contributed by atoms with Crippen molar-refractivity contribution in [2.75, 3.05) is 0 Å². The van der Waals surface area contributed by atoms with Crippen LogP contribution < -0.4 is 0 Å². The molecule has 3 aromatic rings. The Kier molecular flexibility index (Phi) is 4.41. The normalized spacial score (nSPS) is 13.0. The molecule has 0 amide bonds. The van der Waals surface area contributed by atoms with Crippen molar-refractivity contribution in [3.05, 3.63) is 49.0 Å². The van der Waals surface area contributed by atoms with E-state index in [-0.39, 0.29) is 11.2 Å². The number of rotatable bonds is 3. The highest BCUT2D eigenvalue weighted by Crippen LogP contribution is 2.30. The Morgan fingerprint density at radius 2 is 2.14 bits per heavy atom. The van der Waals surface area contributed by atoms with Gasteiger partial charge in [0, 0.05) is 10.9 Å². The minimum Gasteiger partial charge on any atom is -0.321 e. The van der Waals surface area contributed by atoms with Gasteiger partial charge in [0.15, 0.2) is 0 Å². The topological polar surface area (TPSA) is 17.8 Å². The van der Waals surface area contributed by atoms with Crippen LogP contribution in [0.1, 0.15) is 23.0 Å². The highest BCUT2D eigenvalue weighted by molar-refractivity contribution is 9.11. The van der Waals surface area contributed by atoms with E-state index < -0.39 is 0 Å². The third-order valence-electron chi connectivity index (χ3n) is 3.12. The largest absolute Gasteiger partial charge is 0.321 e. The molecule has 0 saturated heterocycles. The molecule has 2 aromatic heterocycles. The highest BCUT2D eigenvalue weighted by atomic mass is 79.9. The standard InChI is InChI=1S/C14H10Br2ClFN2S/c1-7(17)14-19-11-4-9(15)10(18)5-12(11)20(14)6-8-2-3-13(16)21-8/h2-5,7H,6H2,1H3. The van der Waals surface area contributed by atoms with E-state index in [4.69, 9.17) is 11.6 Å². The fraction of sp³-hybridized carbons (Fsp3) is 0.214. The molecule has 1 unspecified atom stereocenters. The smallest absolute Gasteiger partial charge is 0.139 e. The zero-order chi connectivity index (χ0) is 15.1. The van der Waals surface area contributed by atoms with Crippen LogP contribution in [0.5, 0.6) is 0 Å². The third-order valence-corrected chi connectivity index (χ3v) is 5.53. The van der Waals surface area contributed by atoms with E-state index >= 15 is 0 Å². The van der Waals surface area contributed by atoms with Crippen molar-refractivity contribution in [3.8, 4) is 0 Å². The average molecular weight is 453 g/mol. The fourth-order valence-corrected chi connectivity index (χ4v) is 4.17. The van der Waals surface area contributed by atoms with Gasteiger partial charge in [-0.2, -0.15) is 0 Å². The molecule has 110 valence electrons. The summed E-state index contributed by atoms with van der Waals surface area (Å²) in [7, 11) is 0. The first-order valence-electron chi connectivity index (χ1n) is 6.19. The highest BCUT2D eigenvalue weighted by Gasteiger charge is 2.17. The maximum atomic E-state index is 13.9. The van der Waals surface area contributed by atoms with E-state index in [9.17, 15) is 4.39 Å². The van der Waals surface area contributed by atoms with Crippen molar-refractivity contribution in [2.45, 2.75) is 18.8 Å². The molecule has 0 aliphatic carbocycles. The van der Waals surface area contributed by atoms with Gasteiger partial charge >= 0.3 is 0 Å². The summed E-state index contributed by atoms with van der Waals surface area (Å²) in [4.78, 5) is 5.70. The van der Waals surface area contributed by atoms with Crippen LogP contribution in [-0.2, 0) is 6.54 Å². The molecule has 0 spiro atoms. The van der Waals surface area contributed by atoms with E-state index in [0.717, 1.165) is 25.5 Å². The number of hydrogen-bond acceptors (Lipinski definition) is 2. The zero-order valence-corrected chi connectivity index (χ0v) is 15.7. The molecule has 21 heavy (non-hydrogen) atoms. The number of benzene rings is 1. The Hall–Kier alpha value is -0.430. The third kappa shape index (κ3) is 3.04. The van der Waals surface area contributed by atoms with Crippen LogP contribution in [0, 0.1) is 5.82 Å². The number of nitrogens with zero attached hydrogens (tertiary/aromatic N) is 2. The Bertz CT molecular complexity index is 813. The molecule has 0 saturated carbocycles. The predicted molar refractivity (Wildman–Crippen MR) is 92.8 cm³/mol. The van der Waals surface area contributed by atoms with Gasteiger partial charge in [0.25, 0.3) is 0 Å². The second-order valence-corrected chi connectivity index (χ2v) is 8.69. The lowest BCUT2D eigenvalue weighted by Crippen LogP contribution is -2.04. The predicted octanol–water partition coefficient (Wildman–Crippen LogP) is 6.11. The molecular formula is C14H10Br2ClFN2S. The molecule has 0 aliphatic rings. The molecule has 1 atom stereocenters. The van der Waals surface area contributed by atoms with E-state index in [1.165, 1.54) is 6.07 Å². The van der Waals surface area contributed by atoms with E-state index in [0.29, 0.717) is 11.0 Å². The van der Waals surface area contributed by atoms with Gasteiger partial charge in [0.1, 0.15) is 11.6 Å². The number of imidazole rings is 1. The van der Waals surface area contributed by atoms with E-state index in [1.54, 1.807) is 17.4 Å². The Balaban J connectivity index is 2.17. The summed E-state index contributed by atoms with van der Waals surface area (Å²) in [5.41, 5.74) is 1.49. The van der Waals surface area contributed by atoms with Crippen LogP contribution in [-0.4, -0.2) is 9.55 Å². The van der Waals surface area contributed by atoms with E-state index in [1.807, 2.05) is 23.6 Å². The number of alkyl halides is 1. The molecule has 0 aliphatic heterocycles. The Labute approximate surface area is 147 Å². The lowest BCUT2D eigenvalue weighted by atomic mass is 10.3. The molecular weight excluding hydrogens is 442 g/mol. The molecule has 3 rings (SSSR count). The molecule has 7 heteroatoms. The molecule has 0 radical (unpaired) electrons. The summed E-state index contributed by atoms with van der Waals surface area (Å²) in [5.74, 6) is 0.443. The first-order valence-corrected chi connectivity index (χ1v) is 9.03. The lowest BCUT2D eigenvalue weighted by Gasteiger charge is -2.09. The SMILES string of the molecule is CC(Cl)c1nc2cc(Br)c(F)cc2n1Cc1ccc(Br)s1. The Morgan fingerprint density at radius 3 is 2.76 bits per heavy atom. The molecule has 0 bridgehead atoms. The van der Waals surface area contributed by atoms with Crippen molar-refractivity contribution in [3.63, 3.8) is 0 Å². The molecule has 2 heterocycles. The summed E-state index contributed by atoms with van der Waals surface area (Å²) in [6.07, 6.45) is 0. The maximum Gasteiger partial charge on any atom is 0.139 e. The van der Waals surface area contributed by atoms with Gasteiger partial charge in [-0.1, -0.05) is 0 Å². The molecule has 0 N–H and O–H groups in total. The van der Waals surface area contributed by atoms with Gasteiger partial charge in [-0.15, -0.1) is 22.9 Å². The second-order valence-electron chi connectivity index (χ2n) is 4.63. The first kappa shape index (κ1) is 15.5. The van der Waals surface area contributed by atoms with Crippen molar-refractivity contribution in [2.24, 2.45) is 0 Å². The van der Waals surface area contributed by atoms with Crippen molar-refractivity contribution >= 4 is 65.8 Å². The molecule has 1 aromatic carbocycles. The quantitative estimate of drug-likeness (QED) is 0.439. The summed E-state index contributed by atoms with van der Waals surface area (Å²) in [6, 6.07) is 7.23. The van der Waals surface area contributed by atoms with Gasteiger partial charge in [-0.3, -0.25) is 0 Å². The van der Waals surface area contributed by atoms with Crippen LogP contribution in [0.4, 0.5) is 4.39 Å². The average Bonchev–Trinajstić information content (AvgIpc) is 2.96. The summed E-state index contributed by atoms with van der Waals surface area (Å²) in [6.45, 7) is 2.50. The number of aromatic nitrogens is 2.